The van der Waals surface area contributed by atoms with E-state index < -0.39 is 11.6 Å². The number of carbonyl (C=O) groups is 1. The number of carbonyl (C=O) groups excluding carboxylic acids is 1. The topological polar surface area (TPSA) is 129 Å². The molecular formula is C37H32BrN5O4. The SMILES string of the molecule is [N-]=[N+]=Nc1ccccc1[C@H]1OC(c2ccc(OCCCO)cc2)=N[C@@]1(Cc1ccccc1Br)C(=O)NCc1cccc2ccccc12. The molecule has 0 aromatic heterocycles. The minimum atomic E-state index is -1.48. The van der Waals surface area contributed by atoms with Crippen LogP contribution < -0.4 is 10.1 Å². The fraction of sp³-hybridized carbons (Fsp3) is 0.189. The molecule has 47 heavy (non-hydrogen) atoms. The Morgan fingerprint density at radius 1 is 0.957 bits per heavy atom. The summed E-state index contributed by atoms with van der Waals surface area (Å²) in [6.45, 7) is 0.703. The van der Waals surface area contributed by atoms with Crippen LogP contribution in [0.15, 0.2) is 130 Å². The highest BCUT2D eigenvalue weighted by Gasteiger charge is 2.54. The Hall–Kier alpha value is -5.15. The van der Waals surface area contributed by atoms with Crippen LogP contribution in [0.1, 0.15) is 34.8 Å². The van der Waals surface area contributed by atoms with Crippen molar-refractivity contribution in [2.45, 2.75) is 31.0 Å². The second-order valence-electron chi connectivity index (χ2n) is 11.1. The van der Waals surface area contributed by atoms with Gasteiger partial charge in [-0.1, -0.05) is 106 Å². The molecule has 0 bridgehead atoms. The number of benzene rings is 5. The van der Waals surface area contributed by atoms with Gasteiger partial charge in [0.25, 0.3) is 5.91 Å². The van der Waals surface area contributed by atoms with E-state index >= 15 is 0 Å². The minimum absolute atomic E-state index is 0.0452. The van der Waals surface area contributed by atoms with Crippen molar-refractivity contribution in [3.05, 3.63) is 152 Å². The van der Waals surface area contributed by atoms with E-state index in [2.05, 4.69) is 31.3 Å². The first-order valence-corrected chi connectivity index (χ1v) is 16.0. The van der Waals surface area contributed by atoms with Crippen molar-refractivity contribution in [3.8, 4) is 5.75 Å². The van der Waals surface area contributed by atoms with Crippen molar-refractivity contribution < 1.29 is 19.4 Å². The van der Waals surface area contributed by atoms with Crippen molar-refractivity contribution in [3.63, 3.8) is 0 Å². The highest BCUT2D eigenvalue weighted by atomic mass is 79.9. The quantitative estimate of drug-likeness (QED) is 0.0593. The fourth-order valence-electron chi connectivity index (χ4n) is 5.82. The maximum absolute atomic E-state index is 14.8. The van der Waals surface area contributed by atoms with Crippen LogP contribution in [-0.4, -0.2) is 35.7 Å². The number of amides is 1. The molecule has 6 rings (SSSR count). The molecule has 10 heteroatoms. The third-order valence-electron chi connectivity index (χ3n) is 8.14. The lowest BCUT2D eigenvalue weighted by atomic mass is 9.81. The molecule has 0 spiro atoms. The number of fused-ring (bicyclic) bond motifs is 1. The van der Waals surface area contributed by atoms with Crippen molar-refractivity contribution in [1.29, 1.82) is 0 Å². The van der Waals surface area contributed by atoms with Crippen LogP contribution in [0, 0.1) is 0 Å². The first kappa shape index (κ1) is 31.8. The molecule has 0 radical (unpaired) electrons. The molecule has 1 aliphatic heterocycles. The standard InChI is InChI=1S/C37H32BrN5O4/c38-32-15-5-2-10-27(32)23-37(36(45)40-24-28-12-7-11-25-9-1-3-13-30(25)28)34(31-14-4-6-16-33(31)42-43-39)47-35(41-37)26-17-19-29(20-18-26)46-22-8-21-44/h1-7,9-20,34,44H,8,21-24H2,(H,40,45)/t34-,37-/m1/s1. The summed E-state index contributed by atoms with van der Waals surface area (Å²) < 4.78 is 13.2. The predicted molar refractivity (Wildman–Crippen MR) is 186 cm³/mol. The lowest BCUT2D eigenvalue weighted by Crippen LogP contribution is -2.49. The molecule has 0 saturated carbocycles. The maximum atomic E-state index is 14.8. The van der Waals surface area contributed by atoms with Gasteiger partial charge in [-0.15, -0.1) is 0 Å². The lowest BCUT2D eigenvalue weighted by molar-refractivity contribution is -0.129. The van der Waals surface area contributed by atoms with E-state index in [0.717, 1.165) is 26.4 Å². The van der Waals surface area contributed by atoms with Gasteiger partial charge >= 0.3 is 0 Å². The Morgan fingerprint density at radius 3 is 2.49 bits per heavy atom. The van der Waals surface area contributed by atoms with Gasteiger partial charge in [0.05, 0.1) is 6.61 Å². The van der Waals surface area contributed by atoms with Gasteiger partial charge in [0.1, 0.15) is 5.75 Å². The average Bonchev–Trinajstić information content (AvgIpc) is 3.49. The van der Waals surface area contributed by atoms with E-state index in [1.54, 1.807) is 30.3 Å². The number of aliphatic hydroxyl groups excluding tert-OH is 1. The summed E-state index contributed by atoms with van der Waals surface area (Å²) in [5.74, 6) is 0.583. The van der Waals surface area contributed by atoms with Gasteiger partial charge in [0.15, 0.2) is 11.6 Å². The van der Waals surface area contributed by atoms with Crippen molar-refractivity contribution in [2.24, 2.45) is 10.1 Å². The number of aliphatic imine (C=N–C) groups is 1. The number of nitrogens with one attached hydrogen (secondary N) is 1. The fourth-order valence-corrected chi connectivity index (χ4v) is 6.24. The smallest absolute Gasteiger partial charge is 0.252 e. The van der Waals surface area contributed by atoms with Crippen LogP contribution in [0.2, 0.25) is 0 Å². The summed E-state index contributed by atoms with van der Waals surface area (Å²) in [5, 5.41) is 18.4. The number of nitrogens with zero attached hydrogens (tertiary/aromatic N) is 4. The molecular weight excluding hydrogens is 658 g/mol. The molecule has 1 heterocycles. The zero-order chi connectivity index (χ0) is 32.6. The van der Waals surface area contributed by atoms with E-state index in [1.165, 1.54) is 0 Å². The largest absolute Gasteiger partial charge is 0.494 e. The number of aliphatic hydroxyl groups is 1. The molecule has 5 aromatic rings. The molecule has 2 N–H and O–H groups in total. The first-order chi connectivity index (χ1) is 23.0. The molecule has 0 saturated heterocycles. The van der Waals surface area contributed by atoms with E-state index in [-0.39, 0.29) is 31.4 Å². The Balaban J connectivity index is 1.45. The summed E-state index contributed by atoms with van der Waals surface area (Å²) in [6, 6.07) is 36.1. The number of hydrogen-bond donors (Lipinski definition) is 2. The second-order valence-corrected chi connectivity index (χ2v) is 12.0. The predicted octanol–water partition coefficient (Wildman–Crippen LogP) is 8.12. The van der Waals surface area contributed by atoms with Gasteiger partial charge < -0.3 is 19.9 Å². The highest BCUT2D eigenvalue weighted by molar-refractivity contribution is 9.10. The van der Waals surface area contributed by atoms with Gasteiger partial charge in [0, 0.05) is 52.2 Å². The van der Waals surface area contributed by atoms with Crippen molar-refractivity contribution >= 4 is 44.2 Å². The van der Waals surface area contributed by atoms with Gasteiger partial charge in [-0.25, -0.2) is 4.99 Å². The van der Waals surface area contributed by atoms with Gasteiger partial charge in [-0.2, -0.15) is 0 Å². The van der Waals surface area contributed by atoms with E-state index in [4.69, 9.17) is 19.6 Å². The van der Waals surface area contributed by atoms with Crippen LogP contribution >= 0.6 is 15.9 Å². The maximum Gasteiger partial charge on any atom is 0.252 e. The summed E-state index contributed by atoms with van der Waals surface area (Å²) in [7, 11) is 0. The van der Waals surface area contributed by atoms with Gasteiger partial charge in [-0.05, 0) is 57.8 Å². The zero-order valence-corrected chi connectivity index (χ0v) is 27.0. The van der Waals surface area contributed by atoms with Crippen LogP contribution in [0.4, 0.5) is 5.69 Å². The molecule has 1 amide bonds. The molecule has 236 valence electrons. The molecule has 9 nitrogen and oxygen atoms in total. The number of hydrogen-bond acceptors (Lipinski definition) is 6. The molecule has 0 aliphatic carbocycles. The van der Waals surface area contributed by atoms with Crippen LogP contribution in [-0.2, 0) is 22.5 Å². The summed E-state index contributed by atoms with van der Waals surface area (Å²) >= 11 is 3.67. The van der Waals surface area contributed by atoms with Crippen LogP contribution in [0.3, 0.4) is 0 Å². The third-order valence-corrected chi connectivity index (χ3v) is 8.91. The Kier molecular flexibility index (Phi) is 9.83. The molecule has 5 aromatic carbocycles. The number of rotatable bonds is 12. The third kappa shape index (κ3) is 6.85. The average molecular weight is 691 g/mol. The molecule has 1 aliphatic rings. The number of halogens is 1. The van der Waals surface area contributed by atoms with E-state index in [1.807, 2.05) is 84.9 Å². The monoisotopic (exact) mass is 689 g/mol. The summed E-state index contributed by atoms with van der Waals surface area (Å²) in [5.41, 5.74) is 11.3. The summed E-state index contributed by atoms with van der Waals surface area (Å²) in [4.78, 5) is 22.9. The van der Waals surface area contributed by atoms with Gasteiger partial charge in [-0.3, -0.25) is 4.79 Å². The van der Waals surface area contributed by atoms with Crippen molar-refractivity contribution in [1.82, 2.24) is 5.32 Å². The molecule has 0 fully saturated rings. The molecule has 2 atom stereocenters. The second kappa shape index (κ2) is 14.5. The van der Waals surface area contributed by atoms with Crippen LogP contribution in [0.25, 0.3) is 21.2 Å². The Labute approximate surface area is 280 Å². The first-order valence-electron chi connectivity index (χ1n) is 15.3. The minimum Gasteiger partial charge on any atom is -0.494 e. The number of azide groups is 1. The summed E-state index contributed by atoms with van der Waals surface area (Å²) in [6.07, 6.45) is -0.217. The lowest BCUT2D eigenvalue weighted by Gasteiger charge is -2.31. The normalized spacial score (nSPS) is 17.0. The molecule has 0 unspecified atom stereocenters. The Bertz CT molecular complexity index is 1970. The van der Waals surface area contributed by atoms with E-state index in [9.17, 15) is 10.3 Å². The Morgan fingerprint density at radius 2 is 1.68 bits per heavy atom. The highest BCUT2D eigenvalue weighted by Crippen LogP contribution is 2.46. The van der Waals surface area contributed by atoms with Gasteiger partial charge in [0.2, 0.25) is 5.90 Å². The van der Waals surface area contributed by atoms with Crippen LogP contribution in [0.5, 0.6) is 5.75 Å². The number of ether oxygens (including phenoxy) is 2. The van der Waals surface area contributed by atoms with E-state index in [0.29, 0.717) is 35.6 Å². The zero-order valence-electron chi connectivity index (χ0n) is 25.4. The van der Waals surface area contributed by atoms with Crippen molar-refractivity contribution in [2.75, 3.05) is 13.2 Å².